The van der Waals surface area contributed by atoms with Crippen LogP contribution in [0.5, 0.6) is 0 Å². The fraction of sp³-hybridized carbons (Fsp3) is 0.136. The number of allylic oxidation sites excluding steroid dienone is 2. The molecular formula is C44H18F16N2S5. The summed E-state index contributed by atoms with van der Waals surface area (Å²) in [6.07, 6.45) is -10.6. The normalized spacial score (nSPS) is 12.9. The van der Waals surface area contributed by atoms with E-state index in [1.807, 2.05) is 13.8 Å². The van der Waals surface area contributed by atoms with Crippen LogP contribution < -0.4 is 0 Å². The molecule has 0 saturated heterocycles. The van der Waals surface area contributed by atoms with Gasteiger partial charge in [0, 0.05) is 39.0 Å². The van der Waals surface area contributed by atoms with Crippen molar-refractivity contribution in [2.24, 2.45) is 0 Å². The second-order valence-electron chi connectivity index (χ2n) is 13.7. The molecule has 7 rings (SSSR count). The zero-order valence-electron chi connectivity index (χ0n) is 33.0. The summed E-state index contributed by atoms with van der Waals surface area (Å²) in [5.74, 6) is -25.2. The van der Waals surface area contributed by atoms with Gasteiger partial charge in [-0.3, -0.25) is 0 Å². The van der Waals surface area contributed by atoms with Gasteiger partial charge in [0.2, 0.25) is 0 Å². The Kier molecular flexibility index (Phi) is 13.5. The minimum Gasteiger partial charge on any atom is -0.204 e. The Morgan fingerprint density at radius 1 is 0.433 bits per heavy atom. The summed E-state index contributed by atoms with van der Waals surface area (Å²) in [5, 5.41) is 19.1. The molecule has 23 heteroatoms. The van der Waals surface area contributed by atoms with Crippen molar-refractivity contribution in [1.29, 1.82) is 10.5 Å². The van der Waals surface area contributed by atoms with Crippen molar-refractivity contribution in [2.75, 3.05) is 0 Å². The second kappa shape index (κ2) is 18.4. The smallest absolute Gasteiger partial charge is 0.204 e. The molecule has 2 aromatic carbocycles. The molecule has 0 fully saturated rings. The van der Waals surface area contributed by atoms with Crippen molar-refractivity contribution >= 4 is 79.5 Å². The van der Waals surface area contributed by atoms with Gasteiger partial charge in [-0.25, -0.2) is 43.9 Å². The number of thiophene rings is 5. The second-order valence-corrected chi connectivity index (χ2v) is 19.0. The molecule has 5 heterocycles. The highest BCUT2D eigenvalue weighted by atomic mass is 32.1. The number of benzene rings is 2. The summed E-state index contributed by atoms with van der Waals surface area (Å²) in [6.45, 7) is 3.85. The Bertz CT molecular complexity index is 3010. The number of nitriles is 2. The molecule has 0 atom stereocenters. The maximum atomic E-state index is 15.7. The summed E-state index contributed by atoms with van der Waals surface area (Å²) in [6, 6.07) is 14.1. The van der Waals surface area contributed by atoms with Gasteiger partial charge < -0.3 is 0 Å². The molecule has 346 valence electrons. The van der Waals surface area contributed by atoms with Crippen LogP contribution in [0.4, 0.5) is 70.2 Å². The first-order chi connectivity index (χ1) is 31.5. The van der Waals surface area contributed by atoms with Gasteiger partial charge in [-0.15, -0.1) is 56.7 Å². The van der Waals surface area contributed by atoms with E-state index in [0.717, 1.165) is 54.9 Å². The highest BCUT2D eigenvalue weighted by Gasteiger charge is 2.44. The Labute approximate surface area is 386 Å². The van der Waals surface area contributed by atoms with E-state index >= 15 is 8.78 Å². The largest absolute Gasteiger partial charge is 0.422 e. The molecule has 0 radical (unpaired) electrons. The molecule has 7 aromatic rings. The lowest BCUT2D eigenvalue weighted by Gasteiger charge is -2.14. The maximum Gasteiger partial charge on any atom is 0.422 e. The van der Waals surface area contributed by atoms with Crippen LogP contribution in [0.1, 0.15) is 57.0 Å². The fourth-order valence-corrected chi connectivity index (χ4v) is 12.7. The molecule has 67 heavy (non-hydrogen) atoms. The van der Waals surface area contributed by atoms with Crippen LogP contribution in [0.3, 0.4) is 0 Å². The number of hydrogen-bond donors (Lipinski definition) is 0. The van der Waals surface area contributed by atoms with Gasteiger partial charge >= 0.3 is 12.4 Å². The van der Waals surface area contributed by atoms with Gasteiger partial charge in [-0.1, -0.05) is 13.8 Å². The Morgan fingerprint density at radius 2 is 0.716 bits per heavy atom. The van der Waals surface area contributed by atoms with Gasteiger partial charge in [0.05, 0.1) is 20.9 Å². The van der Waals surface area contributed by atoms with E-state index in [-0.39, 0.29) is 0 Å². The van der Waals surface area contributed by atoms with E-state index in [1.165, 1.54) is 46.1 Å². The third kappa shape index (κ3) is 8.60. The summed E-state index contributed by atoms with van der Waals surface area (Å²) < 4.78 is 227. The van der Waals surface area contributed by atoms with Crippen LogP contribution in [0, 0.1) is 69.2 Å². The van der Waals surface area contributed by atoms with Crippen LogP contribution in [-0.4, -0.2) is 0 Å². The first-order valence-electron chi connectivity index (χ1n) is 18.5. The van der Waals surface area contributed by atoms with Crippen LogP contribution in [0.2, 0.25) is 0 Å². The molecule has 0 aliphatic carbocycles. The predicted octanol–water partition coefficient (Wildman–Crippen LogP) is 17.7. The lowest BCUT2D eigenvalue weighted by atomic mass is 10.00. The first kappa shape index (κ1) is 49.2. The molecule has 0 bridgehead atoms. The van der Waals surface area contributed by atoms with E-state index in [2.05, 4.69) is 0 Å². The zero-order chi connectivity index (χ0) is 49.2. The van der Waals surface area contributed by atoms with Gasteiger partial charge in [-0.05, 0) is 72.5 Å². The van der Waals surface area contributed by atoms with Crippen LogP contribution in [0.15, 0.2) is 48.5 Å². The molecule has 0 saturated carbocycles. The molecular weight excluding hydrogens is 1020 g/mol. The average Bonchev–Trinajstić information content (AvgIpc) is 4.12. The number of rotatable bonds is 10. The average molecular weight is 1040 g/mol. The summed E-state index contributed by atoms with van der Waals surface area (Å²) >= 11 is 5.28. The highest BCUT2D eigenvalue weighted by molar-refractivity contribution is 7.30. The van der Waals surface area contributed by atoms with Crippen LogP contribution >= 0.6 is 56.7 Å². The lowest BCUT2D eigenvalue weighted by Crippen LogP contribution is -2.17. The van der Waals surface area contributed by atoms with Crippen molar-refractivity contribution in [3.05, 3.63) is 138 Å². The van der Waals surface area contributed by atoms with Crippen molar-refractivity contribution < 1.29 is 70.2 Å². The van der Waals surface area contributed by atoms with Crippen molar-refractivity contribution in [3.63, 3.8) is 0 Å². The Hall–Kier alpha value is -5.72. The minimum absolute atomic E-state index is 0.371. The lowest BCUT2D eigenvalue weighted by molar-refractivity contribution is -0.144. The number of alkyl halides is 6. The molecule has 0 amide bonds. The van der Waals surface area contributed by atoms with Crippen molar-refractivity contribution in [3.8, 4) is 51.2 Å². The number of hydrogen-bond acceptors (Lipinski definition) is 7. The standard InChI is InChI=1S/C44H18F16N2S5/c1-3-15-16(4-2)42(26-12-8-22(66-26)20-6-10-24(64-20)32(46)18(14-62)28-35(49)39(53)30(44(58,59)60)40(54)36(28)50)67-41(15)25-11-7-21(65-25)19-5-9-23(63-19)31(45)17(13-61)27-33(47)37(51)29(43(55,56)57)38(52)34(27)48/h5-12H,3-4H2,1-2H3/b31-17-,32-18-. The SMILES string of the molecule is CCc1c(-c2ccc(-c3ccc(/C(F)=C(\C#N)c4c(F)c(F)c(C(F)(F)F)c(F)c4F)s3)s2)sc(-c2ccc(-c3ccc(/C(F)=C(\C#N)c4c(F)c(F)c(C(F)(F)F)c(F)c4F)s3)s2)c1CC. The number of nitrogens with zero attached hydrogens (tertiary/aromatic N) is 2. The molecule has 0 spiro atoms. The van der Waals surface area contributed by atoms with Gasteiger partial charge in [0.25, 0.3) is 0 Å². The molecule has 0 N–H and O–H groups in total. The van der Waals surface area contributed by atoms with E-state index < -0.39 is 114 Å². The van der Waals surface area contributed by atoms with Crippen LogP contribution in [-0.2, 0) is 25.2 Å². The molecule has 0 aliphatic rings. The van der Waals surface area contributed by atoms with Gasteiger partial charge in [-0.2, -0.15) is 36.9 Å². The Balaban J connectivity index is 1.19. The topological polar surface area (TPSA) is 47.6 Å². The molecule has 0 unspecified atom stereocenters. The van der Waals surface area contributed by atoms with Gasteiger partial charge in [0.1, 0.15) is 34.4 Å². The van der Waals surface area contributed by atoms with E-state index in [1.54, 1.807) is 24.3 Å². The number of halogens is 16. The fourth-order valence-electron chi connectivity index (χ4n) is 6.88. The Morgan fingerprint density at radius 3 is 1.00 bits per heavy atom. The molecule has 2 nitrogen and oxygen atoms in total. The summed E-state index contributed by atoms with van der Waals surface area (Å²) in [5.41, 5.74) is -10.9. The third-order valence-corrected chi connectivity index (χ3v) is 16.2. The van der Waals surface area contributed by atoms with Crippen molar-refractivity contribution in [2.45, 2.75) is 39.0 Å². The minimum atomic E-state index is -5.86. The third-order valence-electron chi connectivity index (χ3n) is 9.87. The van der Waals surface area contributed by atoms with Crippen molar-refractivity contribution in [1.82, 2.24) is 0 Å². The van der Waals surface area contributed by atoms with E-state index in [4.69, 9.17) is 0 Å². The quantitative estimate of drug-likeness (QED) is 0.0779. The maximum absolute atomic E-state index is 15.7. The molecule has 0 aliphatic heterocycles. The first-order valence-corrected chi connectivity index (χ1v) is 22.6. The van der Waals surface area contributed by atoms with E-state index in [0.29, 0.717) is 55.0 Å². The zero-order valence-corrected chi connectivity index (χ0v) is 37.1. The summed E-state index contributed by atoms with van der Waals surface area (Å²) in [4.78, 5) is 4.14. The van der Waals surface area contributed by atoms with E-state index in [9.17, 15) is 72.0 Å². The molecule has 5 aromatic heterocycles. The predicted molar refractivity (Wildman–Crippen MR) is 226 cm³/mol. The monoisotopic (exact) mass is 1040 g/mol. The van der Waals surface area contributed by atoms with Gasteiger partial charge in [0.15, 0.2) is 58.2 Å². The highest BCUT2D eigenvalue weighted by Crippen LogP contribution is 2.51. The summed E-state index contributed by atoms with van der Waals surface area (Å²) in [7, 11) is 0. The van der Waals surface area contributed by atoms with Crippen LogP contribution in [0.25, 0.3) is 61.8 Å².